The van der Waals surface area contributed by atoms with Crippen LogP contribution in [0, 0.1) is 10.1 Å². The molecule has 1 aliphatic rings. The number of non-ortho nitro benzene ring substituents is 1. The van der Waals surface area contributed by atoms with Gasteiger partial charge in [0, 0.05) is 17.5 Å². The molecule has 1 fully saturated rings. The maximum absolute atomic E-state index is 10.9. The molecule has 0 spiro atoms. The number of carbonyl (C=O) groups is 1. The van der Waals surface area contributed by atoms with Crippen molar-refractivity contribution < 1.29 is 19.6 Å². The summed E-state index contributed by atoms with van der Waals surface area (Å²) in [6.07, 6.45) is 1.72. The van der Waals surface area contributed by atoms with Gasteiger partial charge in [-0.2, -0.15) is 5.10 Å². The monoisotopic (exact) mass is 291 g/mol. The van der Waals surface area contributed by atoms with Gasteiger partial charge in [-0.3, -0.25) is 14.8 Å². The molecule has 0 radical (unpaired) electrons. The number of ether oxygens (including phenoxy) is 1. The molecule has 2 heterocycles. The second-order valence-electron chi connectivity index (χ2n) is 4.99. The van der Waals surface area contributed by atoms with Crippen LogP contribution in [0.25, 0.3) is 10.9 Å². The Hall–Kier alpha value is -2.48. The summed E-state index contributed by atoms with van der Waals surface area (Å²) in [5.41, 5.74) is 0.645. The molecule has 0 aliphatic carbocycles. The lowest BCUT2D eigenvalue weighted by atomic mass is 10.2. The van der Waals surface area contributed by atoms with Crippen LogP contribution in [-0.4, -0.2) is 38.0 Å². The van der Waals surface area contributed by atoms with Crippen LogP contribution in [0.2, 0.25) is 0 Å². The van der Waals surface area contributed by atoms with E-state index in [-0.39, 0.29) is 11.8 Å². The molecule has 0 saturated carbocycles. The maximum atomic E-state index is 10.9. The summed E-state index contributed by atoms with van der Waals surface area (Å²) in [6, 6.07) is 4.54. The molecule has 8 nitrogen and oxygen atoms in total. The molecule has 8 heteroatoms. The van der Waals surface area contributed by atoms with Crippen molar-refractivity contribution in [1.29, 1.82) is 0 Å². The Morgan fingerprint density at radius 3 is 3.00 bits per heavy atom. The highest BCUT2D eigenvalue weighted by molar-refractivity contribution is 5.81. The van der Waals surface area contributed by atoms with Crippen LogP contribution in [0.5, 0.6) is 0 Å². The van der Waals surface area contributed by atoms with Crippen molar-refractivity contribution >= 4 is 22.6 Å². The fourth-order valence-corrected chi connectivity index (χ4v) is 2.53. The number of rotatable bonds is 4. The first kappa shape index (κ1) is 13.5. The lowest BCUT2D eigenvalue weighted by Crippen LogP contribution is -2.23. The maximum Gasteiger partial charge on any atom is 0.332 e. The summed E-state index contributed by atoms with van der Waals surface area (Å²) in [6.45, 7) is 0.383. The Balaban J connectivity index is 1.83. The topological polar surface area (TPSA) is 107 Å². The second-order valence-corrected chi connectivity index (χ2v) is 4.99. The van der Waals surface area contributed by atoms with Crippen LogP contribution in [-0.2, 0) is 16.1 Å². The molecule has 0 bridgehead atoms. The summed E-state index contributed by atoms with van der Waals surface area (Å²) >= 11 is 0. The summed E-state index contributed by atoms with van der Waals surface area (Å²) in [7, 11) is 0. The van der Waals surface area contributed by atoms with Gasteiger partial charge in [0.25, 0.3) is 5.69 Å². The van der Waals surface area contributed by atoms with Gasteiger partial charge in [0.2, 0.25) is 0 Å². The molecule has 2 atom stereocenters. The molecule has 1 aromatic heterocycles. The molecule has 110 valence electrons. The van der Waals surface area contributed by atoms with Crippen molar-refractivity contribution in [2.75, 3.05) is 0 Å². The molecule has 21 heavy (non-hydrogen) atoms. The number of carboxylic acid groups (broad SMARTS) is 1. The molecule has 2 unspecified atom stereocenters. The molecule has 1 aliphatic heterocycles. The van der Waals surface area contributed by atoms with Gasteiger partial charge in [0.05, 0.1) is 29.3 Å². The number of carboxylic acids is 1. The van der Waals surface area contributed by atoms with E-state index in [0.29, 0.717) is 24.9 Å². The minimum atomic E-state index is -0.960. The van der Waals surface area contributed by atoms with E-state index >= 15 is 0 Å². The molecule has 0 amide bonds. The zero-order valence-corrected chi connectivity index (χ0v) is 11.0. The summed E-state index contributed by atoms with van der Waals surface area (Å²) in [5.74, 6) is -0.960. The summed E-state index contributed by atoms with van der Waals surface area (Å²) < 4.78 is 7.05. The number of hydrogen-bond donors (Lipinski definition) is 1. The van der Waals surface area contributed by atoms with E-state index in [1.807, 2.05) is 0 Å². The van der Waals surface area contributed by atoms with E-state index in [1.165, 1.54) is 12.1 Å². The van der Waals surface area contributed by atoms with Gasteiger partial charge in [-0.25, -0.2) is 4.79 Å². The van der Waals surface area contributed by atoms with E-state index in [9.17, 15) is 14.9 Å². The first-order valence-electron chi connectivity index (χ1n) is 6.53. The molecular formula is C13H13N3O5. The Labute approximate surface area is 119 Å². The van der Waals surface area contributed by atoms with Crippen LogP contribution in [0.15, 0.2) is 24.4 Å². The zero-order valence-electron chi connectivity index (χ0n) is 11.0. The van der Waals surface area contributed by atoms with E-state index in [2.05, 4.69) is 5.10 Å². The molecule has 2 aromatic rings. The largest absolute Gasteiger partial charge is 0.479 e. The van der Waals surface area contributed by atoms with Gasteiger partial charge in [-0.05, 0) is 18.9 Å². The number of aromatic nitrogens is 2. The van der Waals surface area contributed by atoms with Gasteiger partial charge in [0.15, 0.2) is 6.10 Å². The number of fused-ring (bicyclic) bond motifs is 1. The lowest BCUT2D eigenvalue weighted by molar-refractivity contribution is -0.384. The molecule has 3 rings (SSSR count). The van der Waals surface area contributed by atoms with Crippen LogP contribution >= 0.6 is 0 Å². The van der Waals surface area contributed by atoms with Crippen LogP contribution in [0.3, 0.4) is 0 Å². The number of aliphatic carboxylic acids is 1. The number of nitro benzene ring substituents is 1. The average Bonchev–Trinajstić information content (AvgIpc) is 3.06. The second kappa shape index (κ2) is 5.13. The Morgan fingerprint density at radius 2 is 2.33 bits per heavy atom. The lowest BCUT2D eigenvalue weighted by Gasteiger charge is -2.11. The number of nitrogens with zero attached hydrogens (tertiary/aromatic N) is 3. The predicted octanol–water partition coefficient (Wildman–Crippen LogP) is 1.58. The minimum absolute atomic E-state index is 0.00000260. The van der Waals surface area contributed by atoms with Crippen molar-refractivity contribution in [3.63, 3.8) is 0 Å². The van der Waals surface area contributed by atoms with E-state index in [1.54, 1.807) is 16.9 Å². The highest BCUT2D eigenvalue weighted by atomic mass is 16.6. The van der Waals surface area contributed by atoms with Gasteiger partial charge in [-0.1, -0.05) is 0 Å². The Bertz CT molecular complexity index is 711. The standard InChI is InChI=1S/C13H13N3O5/c17-13(18)12-4-3-10(21-12)7-15-11-5-9(16(19)20)2-1-8(11)6-14-15/h1-2,5-6,10,12H,3-4,7H2,(H,17,18). The smallest absolute Gasteiger partial charge is 0.332 e. The van der Waals surface area contributed by atoms with Crippen molar-refractivity contribution in [3.05, 3.63) is 34.5 Å². The van der Waals surface area contributed by atoms with Gasteiger partial charge in [0.1, 0.15) is 0 Å². The first-order valence-corrected chi connectivity index (χ1v) is 6.53. The van der Waals surface area contributed by atoms with Crippen molar-refractivity contribution in [1.82, 2.24) is 9.78 Å². The van der Waals surface area contributed by atoms with E-state index in [0.717, 1.165) is 5.39 Å². The van der Waals surface area contributed by atoms with E-state index in [4.69, 9.17) is 9.84 Å². The third-order valence-electron chi connectivity index (χ3n) is 3.60. The quantitative estimate of drug-likeness (QED) is 0.676. The predicted molar refractivity (Wildman–Crippen MR) is 71.9 cm³/mol. The fraction of sp³-hybridized carbons (Fsp3) is 0.385. The average molecular weight is 291 g/mol. The van der Waals surface area contributed by atoms with E-state index < -0.39 is 17.0 Å². The SMILES string of the molecule is O=C(O)C1CCC(Cn2ncc3ccc([N+](=O)[O-])cc32)O1. The van der Waals surface area contributed by atoms with Gasteiger partial charge < -0.3 is 9.84 Å². The van der Waals surface area contributed by atoms with Crippen LogP contribution < -0.4 is 0 Å². The molecular weight excluding hydrogens is 278 g/mol. The molecule has 1 aromatic carbocycles. The van der Waals surface area contributed by atoms with Gasteiger partial charge in [-0.15, -0.1) is 0 Å². The normalized spacial score (nSPS) is 21.7. The minimum Gasteiger partial charge on any atom is -0.479 e. The number of hydrogen-bond acceptors (Lipinski definition) is 5. The Kier molecular flexibility index (Phi) is 3.30. The number of benzene rings is 1. The van der Waals surface area contributed by atoms with Crippen molar-refractivity contribution in [3.8, 4) is 0 Å². The van der Waals surface area contributed by atoms with Crippen LogP contribution in [0.1, 0.15) is 12.8 Å². The molecule has 1 saturated heterocycles. The Morgan fingerprint density at radius 1 is 1.52 bits per heavy atom. The third-order valence-corrected chi connectivity index (χ3v) is 3.60. The van der Waals surface area contributed by atoms with Crippen LogP contribution in [0.4, 0.5) is 5.69 Å². The van der Waals surface area contributed by atoms with Crippen molar-refractivity contribution in [2.45, 2.75) is 31.6 Å². The first-order chi connectivity index (χ1) is 10.0. The molecule has 1 N–H and O–H groups in total. The summed E-state index contributed by atoms with van der Waals surface area (Å²) in [5, 5.41) is 24.7. The summed E-state index contributed by atoms with van der Waals surface area (Å²) in [4.78, 5) is 21.2. The van der Waals surface area contributed by atoms with Gasteiger partial charge >= 0.3 is 5.97 Å². The number of nitro groups is 1. The fourth-order valence-electron chi connectivity index (χ4n) is 2.53. The highest BCUT2D eigenvalue weighted by Gasteiger charge is 2.31. The zero-order chi connectivity index (χ0) is 15.0. The van der Waals surface area contributed by atoms with Crippen molar-refractivity contribution in [2.24, 2.45) is 0 Å². The highest BCUT2D eigenvalue weighted by Crippen LogP contribution is 2.24. The third kappa shape index (κ3) is 2.57.